The van der Waals surface area contributed by atoms with E-state index >= 15 is 0 Å². The van der Waals surface area contributed by atoms with Crippen LogP contribution in [0.3, 0.4) is 0 Å². The first-order valence-electron chi connectivity index (χ1n) is 6.93. The van der Waals surface area contributed by atoms with Crippen LogP contribution in [0, 0.1) is 6.92 Å². The second-order valence-electron chi connectivity index (χ2n) is 5.23. The summed E-state index contributed by atoms with van der Waals surface area (Å²) in [5, 5.41) is 19.5. The molecule has 0 saturated heterocycles. The monoisotopic (exact) mass is 333 g/mol. The SMILES string of the molecule is Cc1cc(Oc2cc(Cl)ccn2)cc2c1C(CC(=O)O)OB2O. The van der Waals surface area contributed by atoms with Gasteiger partial charge in [0.1, 0.15) is 5.75 Å². The summed E-state index contributed by atoms with van der Waals surface area (Å²) in [7, 11) is -1.18. The summed E-state index contributed by atoms with van der Waals surface area (Å²) in [5.41, 5.74) is 1.97. The molecule has 0 aliphatic carbocycles. The normalized spacial score (nSPS) is 16.3. The molecule has 2 heterocycles. The van der Waals surface area contributed by atoms with Crippen LogP contribution in [0.4, 0.5) is 0 Å². The van der Waals surface area contributed by atoms with E-state index < -0.39 is 19.2 Å². The van der Waals surface area contributed by atoms with E-state index in [0.29, 0.717) is 27.7 Å². The van der Waals surface area contributed by atoms with Gasteiger partial charge in [-0.1, -0.05) is 11.6 Å². The average molecular weight is 334 g/mol. The lowest BCUT2D eigenvalue weighted by Gasteiger charge is -2.13. The second kappa shape index (κ2) is 6.19. The highest BCUT2D eigenvalue weighted by molar-refractivity contribution is 6.62. The molecule has 2 aromatic rings. The lowest BCUT2D eigenvalue weighted by atomic mass is 9.77. The number of ether oxygens (including phenoxy) is 1. The van der Waals surface area contributed by atoms with E-state index in [-0.39, 0.29) is 6.42 Å². The largest absolute Gasteiger partial charge is 0.492 e. The Morgan fingerprint density at radius 1 is 1.48 bits per heavy atom. The number of carbonyl (C=O) groups is 1. The molecule has 0 fully saturated rings. The number of rotatable bonds is 4. The Morgan fingerprint density at radius 3 is 2.96 bits per heavy atom. The van der Waals surface area contributed by atoms with Gasteiger partial charge >= 0.3 is 13.1 Å². The van der Waals surface area contributed by atoms with E-state index in [1.165, 1.54) is 6.20 Å². The zero-order valence-electron chi connectivity index (χ0n) is 12.2. The Kier molecular flexibility index (Phi) is 4.25. The summed E-state index contributed by atoms with van der Waals surface area (Å²) in [4.78, 5) is 15.0. The predicted octanol–water partition coefficient (Wildman–Crippen LogP) is 2.07. The molecule has 1 unspecified atom stereocenters. The predicted molar refractivity (Wildman–Crippen MR) is 84.2 cm³/mol. The molecule has 1 aliphatic heterocycles. The summed E-state index contributed by atoms with van der Waals surface area (Å²) in [6.07, 6.45) is 0.649. The molecule has 1 aromatic carbocycles. The minimum atomic E-state index is -1.18. The molecule has 0 radical (unpaired) electrons. The van der Waals surface area contributed by atoms with E-state index in [1.54, 1.807) is 24.3 Å². The molecule has 8 heteroatoms. The van der Waals surface area contributed by atoms with Crippen LogP contribution in [-0.4, -0.2) is 28.2 Å². The van der Waals surface area contributed by atoms with Crippen LogP contribution >= 0.6 is 11.6 Å². The van der Waals surface area contributed by atoms with E-state index in [4.69, 9.17) is 26.1 Å². The Hall–Kier alpha value is -2.09. The molecule has 6 nitrogen and oxygen atoms in total. The first-order valence-corrected chi connectivity index (χ1v) is 7.31. The van der Waals surface area contributed by atoms with Crippen LogP contribution in [0.5, 0.6) is 11.6 Å². The molecular formula is C15H13BClNO5. The number of fused-ring (bicyclic) bond motifs is 1. The smallest absolute Gasteiger partial charge is 0.481 e. The van der Waals surface area contributed by atoms with Crippen LogP contribution in [0.25, 0.3) is 0 Å². The average Bonchev–Trinajstić information content (AvgIpc) is 2.75. The van der Waals surface area contributed by atoms with Crippen LogP contribution in [0.1, 0.15) is 23.7 Å². The highest BCUT2D eigenvalue weighted by atomic mass is 35.5. The van der Waals surface area contributed by atoms with Crippen molar-refractivity contribution in [1.82, 2.24) is 4.98 Å². The molecular weight excluding hydrogens is 320 g/mol. The first kappa shape index (κ1) is 15.8. The minimum absolute atomic E-state index is 0.207. The number of benzene rings is 1. The van der Waals surface area contributed by atoms with Gasteiger partial charge in [-0.25, -0.2) is 4.98 Å². The van der Waals surface area contributed by atoms with Gasteiger partial charge in [0.25, 0.3) is 0 Å². The maximum atomic E-state index is 10.9. The van der Waals surface area contributed by atoms with E-state index in [2.05, 4.69) is 4.98 Å². The fourth-order valence-electron chi connectivity index (χ4n) is 2.66. The zero-order valence-corrected chi connectivity index (χ0v) is 12.9. The fraction of sp³-hybridized carbons (Fsp3) is 0.200. The van der Waals surface area contributed by atoms with Crippen molar-refractivity contribution in [1.29, 1.82) is 0 Å². The highest BCUT2D eigenvalue weighted by Gasteiger charge is 2.37. The molecule has 3 rings (SSSR count). The topological polar surface area (TPSA) is 88.9 Å². The summed E-state index contributed by atoms with van der Waals surface area (Å²) < 4.78 is 11.0. The molecule has 0 bridgehead atoms. The zero-order chi connectivity index (χ0) is 16.6. The number of aromatic nitrogens is 1. The van der Waals surface area contributed by atoms with Crippen molar-refractivity contribution in [3.63, 3.8) is 0 Å². The molecule has 0 spiro atoms. The van der Waals surface area contributed by atoms with Crippen molar-refractivity contribution in [2.24, 2.45) is 0 Å². The number of pyridine rings is 1. The molecule has 23 heavy (non-hydrogen) atoms. The number of carboxylic acids is 1. The third kappa shape index (κ3) is 3.31. The molecule has 1 atom stereocenters. The second-order valence-corrected chi connectivity index (χ2v) is 5.67. The van der Waals surface area contributed by atoms with Crippen LogP contribution in [0.2, 0.25) is 5.02 Å². The van der Waals surface area contributed by atoms with Crippen LogP contribution < -0.4 is 10.2 Å². The number of carboxylic acid groups (broad SMARTS) is 1. The highest BCUT2D eigenvalue weighted by Crippen LogP contribution is 2.33. The van der Waals surface area contributed by atoms with E-state index in [0.717, 1.165) is 5.56 Å². The molecule has 1 aromatic heterocycles. The first-order chi connectivity index (χ1) is 10.9. The van der Waals surface area contributed by atoms with Gasteiger partial charge < -0.3 is 19.5 Å². The Labute approximate surface area is 137 Å². The summed E-state index contributed by atoms with van der Waals surface area (Å²) in [5.74, 6) is -0.195. The fourth-order valence-corrected chi connectivity index (χ4v) is 2.81. The lowest BCUT2D eigenvalue weighted by molar-refractivity contribution is -0.138. The Bertz CT molecular complexity index is 770. The van der Waals surface area contributed by atoms with Gasteiger partial charge in [-0.15, -0.1) is 0 Å². The van der Waals surface area contributed by atoms with E-state index in [1.807, 2.05) is 6.92 Å². The van der Waals surface area contributed by atoms with E-state index in [9.17, 15) is 9.82 Å². The summed E-state index contributed by atoms with van der Waals surface area (Å²) in [6.45, 7) is 1.81. The molecule has 1 aliphatic rings. The van der Waals surface area contributed by atoms with Crippen molar-refractivity contribution in [3.8, 4) is 11.6 Å². The van der Waals surface area contributed by atoms with Gasteiger partial charge in [0.15, 0.2) is 0 Å². The Morgan fingerprint density at radius 2 is 2.26 bits per heavy atom. The molecule has 0 amide bonds. The van der Waals surface area contributed by atoms with Crippen molar-refractivity contribution < 1.29 is 24.3 Å². The minimum Gasteiger partial charge on any atom is -0.481 e. The number of halogens is 1. The number of nitrogens with zero attached hydrogens (tertiary/aromatic N) is 1. The number of hydrogen-bond acceptors (Lipinski definition) is 5. The third-order valence-electron chi connectivity index (χ3n) is 3.55. The Balaban J connectivity index is 1.93. The van der Waals surface area contributed by atoms with Crippen molar-refractivity contribution in [3.05, 3.63) is 46.6 Å². The van der Waals surface area contributed by atoms with Crippen molar-refractivity contribution >= 4 is 30.2 Å². The van der Waals surface area contributed by atoms with Gasteiger partial charge in [0.05, 0.1) is 12.5 Å². The maximum absolute atomic E-state index is 10.9. The lowest BCUT2D eigenvalue weighted by Crippen LogP contribution is -2.28. The number of aliphatic carboxylic acids is 1. The van der Waals surface area contributed by atoms with Gasteiger partial charge in [-0.05, 0) is 41.7 Å². The quantitative estimate of drug-likeness (QED) is 0.833. The summed E-state index contributed by atoms with van der Waals surface area (Å²) >= 11 is 5.89. The number of aryl methyl sites for hydroxylation is 1. The summed E-state index contributed by atoms with van der Waals surface area (Å²) in [6, 6.07) is 6.58. The van der Waals surface area contributed by atoms with Gasteiger partial charge in [0, 0.05) is 17.3 Å². The van der Waals surface area contributed by atoms with Crippen LogP contribution in [-0.2, 0) is 9.45 Å². The molecule has 2 N–H and O–H groups in total. The standard InChI is InChI=1S/C15H13BClNO5/c1-8-4-10(22-13-5-9(17)2-3-18-13)6-11-15(8)12(7-14(19)20)23-16(11)21/h2-6,12,21H,7H2,1H3,(H,19,20). The van der Waals surface area contributed by atoms with Crippen LogP contribution in [0.15, 0.2) is 30.5 Å². The third-order valence-corrected chi connectivity index (χ3v) is 3.79. The number of hydrogen-bond donors (Lipinski definition) is 2. The molecule has 0 saturated carbocycles. The maximum Gasteiger partial charge on any atom is 0.492 e. The van der Waals surface area contributed by atoms with Crippen molar-refractivity contribution in [2.45, 2.75) is 19.4 Å². The molecule has 118 valence electrons. The van der Waals surface area contributed by atoms with Gasteiger partial charge in [-0.3, -0.25) is 4.79 Å². The van der Waals surface area contributed by atoms with Crippen molar-refractivity contribution in [2.75, 3.05) is 0 Å². The van der Waals surface area contributed by atoms with Gasteiger partial charge in [-0.2, -0.15) is 0 Å². The van der Waals surface area contributed by atoms with Gasteiger partial charge in [0.2, 0.25) is 5.88 Å².